The number of rotatable bonds is 6. The molecule has 0 spiro atoms. The molecule has 0 heterocycles. The van der Waals surface area contributed by atoms with E-state index in [0.29, 0.717) is 6.42 Å². The lowest BCUT2D eigenvalue weighted by Gasteiger charge is -2.25. The van der Waals surface area contributed by atoms with E-state index in [2.05, 4.69) is 0 Å². The van der Waals surface area contributed by atoms with Crippen molar-refractivity contribution in [3.05, 3.63) is 35.4 Å². The van der Waals surface area contributed by atoms with Gasteiger partial charge in [-0.15, -0.1) is 0 Å². The molecule has 0 aromatic heterocycles. The van der Waals surface area contributed by atoms with Crippen molar-refractivity contribution in [2.45, 2.75) is 23.2 Å². The zero-order valence-electron chi connectivity index (χ0n) is 13.0. The third-order valence-corrected chi connectivity index (χ3v) is 3.58. The van der Waals surface area contributed by atoms with Crippen molar-refractivity contribution in [2.24, 2.45) is 0 Å². The number of aliphatic carboxylic acids is 1. The number of carboxylic acid groups (broad SMARTS) is 1. The van der Waals surface area contributed by atoms with E-state index in [1.165, 1.54) is 17.0 Å². The fourth-order valence-electron chi connectivity index (χ4n) is 1.82. The molecule has 1 aromatic carbocycles. The quantitative estimate of drug-likeness (QED) is 0.453. The Bertz CT molecular complexity index is 613. The van der Waals surface area contributed by atoms with Crippen LogP contribution in [-0.4, -0.2) is 51.3 Å². The first-order valence-electron chi connectivity index (χ1n) is 6.84. The lowest BCUT2D eigenvalue weighted by atomic mass is 10.0. The second-order valence-corrected chi connectivity index (χ2v) is 7.68. The van der Waals surface area contributed by atoms with Crippen molar-refractivity contribution in [1.82, 2.24) is 4.90 Å². The second-order valence-electron chi connectivity index (χ2n) is 5.17. The minimum Gasteiger partial charge on any atom is -0.475 e. The van der Waals surface area contributed by atoms with E-state index in [-0.39, 0.29) is 18.2 Å². The summed E-state index contributed by atoms with van der Waals surface area (Å²) in [6.07, 6.45) is -0.160. The van der Waals surface area contributed by atoms with E-state index in [1.54, 1.807) is 26.1 Å². The van der Waals surface area contributed by atoms with E-state index >= 15 is 0 Å². The highest BCUT2D eigenvalue weighted by Crippen LogP contribution is 2.26. The summed E-state index contributed by atoms with van der Waals surface area (Å²) in [7, 11) is 1.55. The molecule has 1 N–H and O–H groups in total. The first-order valence-corrected chi connectivity index (χ1v) is 7.97. The van der Waals surface area contributed by atoms with Gasteiger partial charge in [0.15, 0.2) is 0 Å². The van der Waals surface area contributed by atoms with Crippen LogP contribution in [0.2, 0.25) is 0 Å². The van der Waals surface area contributed by atoms with Gasteiger partial charge >= 0.3 is 12.1 Å². The van der Waals surface area contributed by atoms with Crippen LogP contribution >= 0.6 is 34.8 Å². The van der Waals surface area contributed by atoms with E-state index in [0.717, 1.165) is 5.56 Å². The summed E-state index contributed by atoms with van der Waals surface area (Å²) in [6, 6.07) is 5.90. The molecular formula is C15H16Cl3NO5. The Balaban J connectivity index is 2.63. The van der Waals surface area contributed by atoms with Crippen LogP contribution in [0.15, 0.2) is 24.3 Å². The number of amides is 1. The molecule has 0 saturated heterocycles. The van der Waals surface area contributed by atoms with E-state index in [1.807, 2.05) is 0 Å². The SMILES string of the molecule is C[C@H](Cc1ccc(C(=O)C(=O)O)cc1)N(C)C(=O)OCC(Cl)(Cl)Cl. The Morgan fingerprint density at radius 2 is 1.75 bits per heavy atom. The van der Waals surface area contributed by atoms with Crippen LogP contribution in [0.4, 0.5) is 4.79 Å². The predicted octanol–water partition coefficient (Wildman–Crippen LogP) is 3.32. The highest BCUT2D eigenvalue weighted by molar-refractivity contribution is 6.67. The minimum absolute atomic E-state index is 0.0920. The maximum absolute atomic E-state index is 11.9. The van der Waals surface area contributed by atoms with Crippen LogP contribution in [0.1, 0.15) is 22.8 Å². The summed E-state index contributed by atoms with van der Waals surface area (Å²) < 4.78 is 3.21. The zero-order valence-corrected chi connectivity index (χ0v) is 15.2. The smallest absolute Gasteiger partial charge is 0.409 e. The van der Waals surface area contributed by atoms with Gasteiger partial charge in [0.1, 0.15) is 6.61 Å². The summed E-state index contributed by atoms with van der Waals surface area (Å²) in [5.41, 5.74) is 0.916. The minimum atomic E-state index is -1.67. The van der Waals surface area contributed by atoms with Crippen LogP contribution in [0.5, 0.6) is 0 Å². The molecule has 1 atom stereocenters. The number of likely N-dealkylation sites (N-methyl/N-ethyl adjacent to an activating group) is 1. The third-order valence-electron chi connectivity index (χ3n) is 3.25. The normalized spacial score (nSPS) is 12.4. The van der Waals surface area contributed by atoms with E-state index in [9.17, 15) is 14.4 Å². The Kier molecular flexibility index (Phi) is 7.32. The molecule has 9 heteroatoms. The molecule has 1 rings (SSSR count). The average Bonchev–Trinajstić information content (AvgIpc) is 2.51. The predicted molar refractivity (Wildman–Crippen MR) is 91.0 cm³/mol. The van der Waals surface area contributed by atoms with Gasteiger partial charge in [0.25, 0.3) is 5.78 Å². The zero-order chi connectivity index (χ0) is 18.5. The largest absolute Gasteiger partial charge is 0.475 e. The maximum Gasteiger partial charge on any atom is 0.409 e. The van der Waals surface area contributed by atoms with Crippen molar-refractivity contribution < 1.29 is 24.2 Å². The number of benzene rings is 1. The number of Topliss-reactive ketones (excluding diaryl/α,β-unsaturated/α-hetero) is 1. The van der Waals surface area contributed by atoms with Crippen LogP contribution in [-0.2, 0) is 16.0 Å². The summed E-state index contributed by atoms with van der Waals surface area (Å²) >= 11 is 16.6. The molecule has 6 nitrogen and oxygen atoms in total. The molecule has 0 aliphatic rings. The first kappa shape index (κ1) is 20.5. The van der Waals surface area contributed by atoms with Crippen molar-refractivity contribution in [2.75, 3.05) is 13.7 Å². The van der Waals surface area contributed by atoms with Gasteiger partial charge in [0, 0.05) is 18.7 Å². The molecule has 0 radical (unpaired) electrons. The number of ketones is 1. The molecule has 1 aromatic rings. The summed E-state index contributed by atoms with van der Waals surface area (Å²) in [4.78, 5) is 35.2. The van der Waals surface area contributed by atoms with Crippen molar-refractivity contribution in [1.29, 1.82) is 0 Å². The fraction of sp³-hybridized carbons (Fsp3) is 0.400. The topological polar surface area (TPSA) is 83.9 Å². The van der Waals surface area contributed by atoms with Gasteiger partial charge in [-0.25, -0.2) is 9.59 Å². The molecule has 132 valence electrons. The molecular weight excluding hydrogens is 381 g/mol. The molecule has 0 aliphatic heterocycles. The summed E-state index contributed by atoms with van der Waals surface area (Å²) in [6.45, 7) is 1.44. The summed E-state index contributed by atoms with van der Waals surface area (Å²) in [5.74, 6) is -2.48. The number of nitrogens with zero attached hydrogens (tertiary/aromatic N) is 1. The molecule has 1 amide bonds. The van der Waals surface area contributed by atoms with Crippen molar-refractivity contribution >= 4 is 52.6 Å². The lowest BCUT2D eigenvalue weighted by molar-refractivity contribution is -0.131. The number of carbonyl (C=O) groups excluding carboxylic acids is 2. The van der Waals surface area contributed by atoms with Gasteiger partial charge in [-0.2, -0.15) is 0 Å². The second kappa shape index (κ2) is 8.55. The molecule has 0 saturated carbocycles. The molecule has 0 unspecified atom stereocenters. The van der Waals surface area contributed by atoms with Gasteiger partial charge < -0.3 is 14.7 Å². The monoisotopic (exact) mass is 395 g/mol. The van der Waals surface area contributed by atoms with Gasteiger partial charge in [-0.3, -0.25) is 4.79 Å². The number of carboxylic acids is 1. The van der Waals surface area contributed by atoms with Gasteiger partial charge in [0.05, 0.1) is 0 Å². The number of halogens is 3. The van der Waals surface area contributed by atoms with Crippen LogP contribution in [0.3, 0.4) is 0 Å². The maximum atomic E-state index is 11.9. The van der Waals surface area contributed by atoms with E-state index in [4.69, 9.17) is 44.6 Å². The fourth-order valence-corrected chi connectivity index (χ4v) is 1.98. The molecule has 0 aliphatic carbocycles. The number of hydrogen-bond donors (Lipinski definition) is 1. The Morgan fingerprint density at radius 1 is 1.21 bits per heavy atom. The number of hydrogen-bond acceptors (Lipinski definition) is 4. The van der Waals surface area contributed by atoms with Gasteiger partial charge in [-0.1, -0.05) is 59.1 Å². The van der Waals surface area contributed by atoms with Crippen molar-refractivity contribution in [3.63, 3.8) is 0 Å². The van der Waals surface area contributed by atoms with Crippen LogP contribution in [0, 0.1) is 0 Å². The molecule has 0 bridgehead atoms. The van der Waals surface area contributed by atoms with E-state index < -0.39 is 21.6 Å². The van der Waals surface area contributed by atoms with Gasteiger partial charge in [0.2, 0.25) is 3.79 Å². The van der Waals surface area contributed by atoms with Crippen molar-refractivity contribution in [3.8, 4) is 0 Å². The van der Waals surface area contributed by atoms with Crippen LogP contribution < -0.4 is 0 Å². The number of alkyl halides is 3. The van der Waals surface area contributed by atoms with Gasteiger partial charge in [-0.05, 0) is 18.9 Å². The molecule has 24 heavy (non-hydrogen) atoms. The number of carbonyl (C=O) groups is 3. The molecule has 0 fully saturated rings. The van der Waals surface area contributed by atoms with Crippen LogP contribution in [0.25, 0.3) is 0 Å². The average molecular weight is 397 g/mol. The highest BCUT2D eigenvalue weighted by Gasteiger charge is 2.25. The standard InChI is InChI=1S/C15H16Cl3NO5/c1-9(19(2)14(23)24-8-15(16,17)18)7-10-3-5-11(6-4-10)12(20)13(21)22/h3-6,9H,7-8H2,1-2H3,(H,21,22)/t9-/m1/s1. The Labute approximate surface area is 154 Å². The Morgan fingerprint density at radius 3 is 2.21 bits per heavy atom. The number of ether oxygens (including phenoxy) is 1. The summed E-state index contributed by atoms with van der Waals surface area (Å²) in [5, 5.41) is 8.66. The lowest BCUT2D eigenvalue weighted by Crippen LogP contribution is -2.38. The first-order chi connectivity index (χ1) is 11.0. The highest BCUT2D eigenvalue weighted by atomic mass is 35.6. The third kappa shape index (κ3) is 6.55. The Hall–Kier alpha value is -1.50.